The molecule has 2 aromatic carbocycles. The van der Waals surface area contributed by atoms with Crippen LogP contribution >= 0.6 is 0 Å². The maximum Gasteiger partial charge on any atom is 0.319 e. The summed E-state index contributed by atoms with van der Waals surface area (Å²) in [4.78, 5) is 28.2. The van der Waals surface area contributed by atoms with Gasteiger partial charge in [-0.05, 0) is 17.7 Å². The van der Waals surface area contributed by atoms with Crippen LogP contribution in [0.1, 0.15) is 16.8 Å². The molecule has 0 radical (unpaired) electrons. The number of amides is 2. The summed E-state index contributed by atoms with van der Waals surface area (Å²) in [6.07, 6.45) is 0.671. The van der Waals surface area contributed by atoms with Gasteiger partial charge in [-0.1, -0.05) is 42.5 Å². The van der Waals surface area contributed by atoms with E-state index >= 15 is 0 Å². The van der Waals surface area contributed by atoms with E-state index < -0.39 is 0 Å². The van der Waals surface area contributed by atoms with E-state index in [2.05, 4.69) is 17.0 Å². The molecule has 0 bridgehead atoms. The molecule has 184 valence electrons. The van der Waals surface area contributed by atoms with Crippen LogP contribution in [0.15, 0.2) is 54.6 Å². The molecular formula is C27H33N5O3. The normalized spacial score (nSPS) is 13.6. The monoisotopic (exact) mass is 475 g/mol. The minimum Gasteiger partial charge on any atom is -0.497 e. The lowest BCUT2D eigenvalue weighted by molar-refractivity contribution is 0.167. The van der Waals surface area contributed by atoms with Crippen molar-refractivity contribution >= 4 is 11.8 Å². The molecule has 0 unspecified atom stereocenters. The fourth-order valence-corrected chi connectivity index (χ4v) is 4.27. The highest BCUT2D eigenvalue weighted by Crippen LogP contribution is 2.29. The third kappa shape index (κ3) is 5.71. The highest BCUT2D eigenvalue weighted by atomic mass is 16.5. The van der Waals surface area contributed by atoms with Crippen molar-refractivity contribution in [2.75, 3.05) is 59.4 Å². The minimum atomic E-state index is 0.0378. The van der Waals surface area contributed by atoms with Gasteiger partial charge in [0.15, 0.2) is 5.82 Å². The van der Waals surface area contributed by atoms with Crippen LogP contribution in [0, 0.1) is 0 Å². The molecule has 0 N–H and O–H groups in total. The van der Waals surface area contributed by atoms with E-state index in [1.807, 2.05) is 47.4 Å². The lowest BCUT2D eigenvalue weighted by atomic mass is 10.0. The molecule has 0 aliphatic carbocycles. The minimum absolute atomic E-state index is 0.0378. The highest BCUT2D eigenvalue weighted by Gasteiger charge is 2.26. The number of piperazine rings is 1. The van der Waals surface area contributed by atoms with Gasteiger partial charge in [-0.3, -0.25) is 0 Å². The first-order valence-corrected chi connectivity index (χ1v) is 11.8. The molecule has 1 fully saturated rings. The van der Waals surface area contributed by atoms with Crippen molar-refractivity contribution in [2.45, 2.75) is 13.0 Å². The van der Waals surface area contributed by atoms with Gasteiger partial charge in [-0.25, -0.2) is 14.8 Å². The van der Waals surface area contributed by atoms with Crippen molar-refractivity contribution in [2.24, 2.45) is 0 Å². The van der Waals surface area contributed by atoms with E-state index in [9.17, 15) is 4.79 Å². The number of ether oxygens (including phenoxy) is 2. The molecule has 0 spiro atoms. The maximum atomic E-state index is 12.5. The predicted octanol–water partition coefficient (Wildman–Crippen LogP) is 3.69. The molecule has 4 rings (SSSR count). The van der Waals surface area contributed by atoms with E-state index in [4.69, 9.17) is 19.4 Å². The van der Waals surface area contributed by atoms with Crippen LogP contribution in [-0.2, 0) is 17.8 Å². The molecule has 3 aromatic rings. The topological polar surface area (TPSA) is 71.0 Å². The maximum absolute atomic E-state index is 12.5. The Labute approximate surface area is 207 Å². The predicted molar refractivity (Wildman–Crippen MR) is 137 cm³/mol. The zero-order valence-electron chi connectivity index (χ0n) is 20.9. The van der Waals surface area contributed by atoms with Crippen molar-refractivity contribution < 1.29 is 14.3 Å². The first-order chi connectivity index (χ1) is 17.0. The van der Waals surface area contributed by atoms with Crippen LogP contribution in [0.25, 0.3) is 11.4 Å². The third-order valence-corrected chi connectivity index (χ3v) is 6.16. The molecule has 8 nitrogen and oxygen atoms in total. The number of carbonyl (C=O) groups is 1. The molecule has 1 aromatic heterocycles. The second kappa shape index (κ2) is 11.2. The lowest BCUT2D eigenvalue weighted by Crippen LogP contribution is -2.52. The summed E-state index contributed by atoms with van der Waals surface area (Å²) in [5, 5.41) is 0. The second-order valence-electron chi connectivity index (χ2n) is 8.77. The van der Waals surface area contributed by atoms with E-state index in [0.717, 1.165) is 34.0 Å². The van der Waals surface area contributed by atoms with Crippen LogP contribution < -0.4 is 9.64 Å². The fraction of sp³-hybridized carbons (Fsp3) is 0.370. The van der Waals surface area contributed by atoms with Gasteiger partial charge in [0.25, 0.3) is 0 Å². The Balaban J connectivity index is 1.73. The number of benzene rings is 2. The summed E-state index contributed by atoms with van der Waals surface area (Å²) in [6.45, 7) is 3.08. The summed E-state index contributed by atoms with van der Waals surface area (Å²) in [6, 6.07) is 18.1. The standard InChI is InChI=1S/C27H33N5O3/c1-30(2)27(33)32-16-14-31(15-17-32)26-23(18-20-10-12-22(35-4)13-11-20)24(19-34-3)28-25(29-26)21-8-6-5-7-9-21/h5-13H,14-19H2,1-4H3. The van der Waals surface area contributed by atoms with Gasteiger partial charge >= 0.3 is 6.03 Å². The van der Waals surface area contributed by atoms with Crippen LogP contribution in [0.4, 0.5) is 10.6 Å². The molecule has 2 amide bonds. The number of urea groups is 1. The van der Waals surface area contributed by atoms with Gasteiger partial charge in [-0.2, -0.15) is 0 Å². The van der Waals surface area contributed by atoms with E-state index in [1.165, 1.54) is 0 Å². The first kappa shape index (κ1) is 24.5. The molecule has 1 saturated heterocycles. The Hall–Kier alpha value is -3.65. The summed E-state index contributed by atoms with van der Waals surface area (Å²) < 4.78 is 10.9. The van der Waals surface area contributed by atoms with E-state index in [-0.39, 0.29) is 6.03 Å². The highest BCUT2D eigenvalue weighted by molar-refractivity contribution is 5.74. The number of methoxy groups -OCH3 is 2. The van der Waals surface area contributed by atoms with Crippen LogP contribution in [0.3, 0.4) is 0 Å². The molecule has 2 heterocycles. The fourth-order valence-electron chi connectivity index (χ4n) is 4.27. The van der Waals surface area contributed by atoms with Gasteiger partial charge < -0.3 is 24.2 Å². The molecular weight excluding hydrogens is 442 g/mol. The van der Waals surface area contributed by atoms with E-state index in [1.54, 1.807) is 33.2 Å². The average molecular weight is 476 g/mol. The summed E-state index contributed by atoms with van der Waals surface area (Å²) in [5.41, 5.74) is 4.02. The zero-order valence-corrected chi connectivity index (χ0v) is 20.9. The molecule has 0 saturated carbocycles. The van der Waals surface area contributed by atoms with Crippen molar-refractivity contribution in [3.8, 4) is 17.1 Å². The number of aromatic nitrogens is 2. The van der Waals surface area contributed by atoms with Crippen LogP contribution in [0.2, 0.25) is 0 Å². The van der Waals surface area contributed by atoms with Gasteiger partial charge in [-0.15, -0.1) is 0 Å². The van der Waals surface area contributed by atoms with Gasteiger partial charge in [0.2, 0.25) is 0 Å². The lowest BCUT2D eigenvalue weighted by Gasteiger charge is -2.37. The number of nitrogens with zero attached hydrogens (tertiary/aromatic N) is 5. The van der Waals surface area contributed by atoms with Gasteiger partial charge in [0.05, 0.1) is 19.4 Å². The molecule has 0 atom stereocenters. The first-order valence-electron chi connectivity index (χ1n) is 11.8. The largest absolute Gasteiger partial charge is 0.497 e. The number of rotatable bonds is 7. The molecule has 8 heteroatoms. The van der Waals surface area contributed by atoms with Gasteiger partial charge in [0, 0.05) is 64.9 Å². The smallest absolute Gasteiger partial charge is 0.319 e. The Morgan fingerprint density at radius 2 is 1.63 bits per heavy atom. The van der Waals surface area contributed by atoms with Crippen molar-refractivity contribution in [1.29, 1.82) is 0 Å². The van der Waals surface area contributed by atoms with Crippen molar-refractivity contribution in [1.82, 2.24) is 19.8 Å². The van der Waals surface area contributed by atoms with Crippen molar-refractivity contribution in [3.63, 3.8) is 0 Å². The quantitative estimate of drug-likeness (QED) is 0.519. The molecule has 1 aliphatic heterocycles. The van der Waals surface area contributed by atoms with Crippen LogP contribution in [0.5, 0.6) is 5.75 Å². The number of carbonyl (C=O) groups excluding carboxylic acids is 1. The Morgan fingerprint density at radius 1 is 0.943 bits per heavy atom. The van der Waals surface area contributed by atoms with Crippen LogP contribution in [-0.4, -0.2) is 80.3 Å². The Kier molecular flexibility index (Phi) is 7.82. The summed E-state index contributed by atoms with van der Waals surface area (Å²) in [5.74, 6) is 2.40. The Bertz CT molecular complexity index is 1130. The average Bonchev–Trinajstić information content (AvgIpc) is 2.90. The summed E-state index contributed by atoms with van der Waals surface area (Å²) >= 11 is 0. The summed E-state index contributed by atoms with van der Waals surface area (Å²) in [7, 11) is 6.93. The van der Waals surface area contributed by atoms with E-state index in [0.29, 0.717) is 45.0 Å². The number of hydrogen-bond donors (Lipinski definition) is 0. The second-order valence-corrected chi connectivity index (χ2v) is 8.77. The third-order valence-electron chi connectivity index (χ3n) is 6.16. The number of hydrogen-bond acceptors (Lipinski definition) is 6. The van der Waals surface area contributed by atoms with Crippen molar-refractivity contribution in [3.05, 3.63) is 71.4 Å². The van der Waals surface area contributed by atoms with Gasteiger partial charge in [0.1, 0.15) is 11.6 Å². The number of anilines is 1. The SMILES string of the molecule is COCc1nc(-c2ccccc2)nc(N2CCN(C(=O)N(C)C)CC2)c1Cc1ccc(OC)cc1. The molecule has 1 aliphatic rings. The molecule has 35 heavy (non-hydrogen) atoms. The Morgan fingerprint density at radius 3 is 2.23 bits per heavy atom. The zero-order chi connectivity index (χ0) is 24.8.